The number of H-pyrrole nitrogens is 1. The van der Waals surface area contributed by atoms with E-state index in [1.54, 1.807) is 12.1 Å². The maximum Gasteiger partial charge on any atom is 0.272 e. The van der Waals surface area contributed by atoms with Gasteiger partial charge in [0.05, 0.1) is 11.1 Å². The molecule has 8 nitrogen and oxygen atoms in total. The van der Waals surface area contributed by atoms with Crippen LogP contribution in [0.3, 0.4) is 0 Å². The van der Waals surface area contributed by atoms with Gasteiger partial charge in [-0.15, -0.1) is 0 Å². The summed E-state index contributed by atoms with van der Waals surface area (Å²) in [5.41, 5.74) is 0.986. The summed E-state index contributed by atoms with van der Waals surface area (Å²) in [7, 11) is 0. The zero-order valence-corrected chi connectivity index (χ0v) is 14.1. The number of imidazole rings is 1. The van der Waals surface area contributed by atoms with Crippen LogP contribution in [0.1, 0.15) is 23.8 Å². The highest BCUT2D eigenvalue weighted by atomic mass is 16.6. The molecule has 0 unspecified atom stereocenters. The van der Waals surface area contributed by atoms with Crippen molar-refractivity contribution >= 4 is 11.6 Å². The number of nitrogens with one attached hydrogen (secondary N) is 1. The van der Waals surface area contributed by atoms with E-state index in [1.807, 2.05) is 4.90 Å². The Hall–Kier alpha value is -2.74. The van der Waals surface area contributed by atoms with Crippen LogP contribution in [0.25, 0.3) is 11.4 Å². The summed E-state index contributed by atoms with van der Waals surface area (Å²) < 4.78 is 0. The predicted octanol–water partition coefficient (Wildman–Crippen LogP) is 2.15. The molecule has 1 aliphatic rings. The van der Waals surface area contributed by atoms with Gasteiger partial charge in [0.15, 0.2) is 0 Å². The molecule has 0 spiro atoms. The molecule has 2 aromatic rings. The third-order valence-electron chi connectivity index (χ3n) is 4.34. The Morgan fingerprint density at radius 2 is 2.08 bits per heavy atom. The molecule has 2 heterocycles. The molecule has 132 valence electrons. The van der Waals surface area contributed by atoms with Crippen LogP contribution in [0.4, 0.5) is 5.69 Å². The molecule has 1 amide bonds. The van der Waals surface area contributed by atoms with Gasteiger partial charge in [0.2, 0.25) is 0 Å². The number of carbonyl (C=O) groups excluding carboxylic acids is 1. The monoisotopic (exact) mass is 343 g/mol. The maximum atomic E-state index is 12.6. The highest BCUT2D eigenvalue weighted by Crippen LogP contribution is 2.21. The Kier molecular flexibility index (Phi) is 5.08. The molecular formula is C17H21N5O3. The van der Waals surface area contributed by atoms with Crippen molar-refractivity contribution in [1.82, 2.24) is 19.8 Å². The van der Waals surface area contributed by atoms with Crippen molar-refractivity contribution in [3.8, 4) is 11.4 Å². The number of carbonyl (C=O) groups is 1. The molecule has 8 heteroatoms. The first-order valence-electron chi connectivity index (χ1n) is 8.40. The lowest BCUT2D eigenvalue weighted by Gasteiger charge is -2.34. The highest BCUT2D eigenvalue weighted by molar-refractivity contribution is 5.92. The standard InChI is InChI=1S/C17H21N5O3/c1-2-6-20-7-9-21(10-8-20)17(23)15-12-18-16(19-15)13-4-3-5-14(11-13)22(24)25/h3-5,11-12H,2,6-10H2,1H3,(H,18,19). The van der Waals surface area contributed by atoms with Gasteiger partial charge >= 0.3 is 0 Å². The van der Waals surface area contributed by atoms with E-state index in [9.17, 15) is 14.9 Å². The summed E-state index contributed by atoms with van der Waals surface area (Å²) in [6.45, 7) is 6.37. The van der Waals surface area contributed by atoms with Crippen LogP contribution < -0.4 is 0 Å². The molecule has 1 saturated heterocycles. The molecule has 1 aromatic carbocycles. The summed E-state index contributed by atoms with van der Waals surface area (Å²) in [5.74, 6) is 0.372. The lowest BCUT2D eigenvalue weighted by atomic mass is 10.2. The number of nitro groups is 1. The number of hydrogen-bond acceptors (Lipinski definition) is 5. The highest BCUT2D eigenvalue weighted by Gasteiger charge is 2.23. The van der Waals surface area contributed by atoms with Crippen molar-refractivity contribution in [3.63, 3.8) is 0 Å². The van der Waals surface area contributed by atoms with Crippen LogP contribution in [0.5, 0.6) is 0 Å². The summed E-state index contributed by atoms with van der Waals surface area (Å²) in [4.78, 5) is 34.4. The number of aromatic amines is 1. The molecule has 0 aliphatic carbocycles. The first-order valence-corrected chi connectivity index (χ1v) is 8.40. The van der Waals surface area contributed by atoms with E-state index in [0.717, 1.165) is 26.1 Å². The summed E-state index contributed by atoms with van der Waals surface area (Å²) >= 11 is 0. The van der Waals surface area contributed by atoms with Gasteiger partial charge in [0.1, 0.15) is 11.5 Å². The number of piperazine rings is 1. The molecule has 25 heavy (non-hydrogen) atoms. The van der Waals surface area contributed by atoms with Gasteiger partial charge < -0.3 is 9.88 Å². The fraction of sp³-hybridized carbons (Fsp3) is 0.412. The van der Waals surface area contributed by atoms with E-state index in [2.05, 4.69) is 21.8 Å². The number of benzene rings is 1. The predicted molar refractivity (Wildman–Crippen MR) is 93.3 cm³/mol. The van der Waals surface area contributed by atoms with Gasteiger partial charge in [-0.25, -0.2) is 4.98 Å². The number of amides is 1. The number of nitrogens with zero attached hydrogens (tertiary/aromatic N) is 4. The van der Waals surface area contributed by atoms with Crippen LogP contribution >= 0.6 is 0 Å². The molecule has 3 rings (SSSR count). The van der Waals surface area contributed by atoms with Crippen molar-refractivity contribution in [2.24, 2.45) is 0 Å². The molecule has 0 radical (unpaired) electrons. The van der Waals surface area contributed by atoms with E-state index in [4.69, 9.17) is 0 Å². The Morgan fingerprint density at radius 3 is 2.76 bits per heavy atom. The van der Waals surface area contributed by atoms with Crippen molar-refractivity contribution < 1.29 is 9.72 Å². The van der Waals surface area contributed by atoms with Crippen LogP contribution in [0.2, 0.25) is 0 Å². The first-order chi connectivity index (χ1) is 12.1. The quantitative estimate of drug-likeness (QED) is 0.663. The molecule has 0 saturated carbocycles. The fourth-order valence-electron chi connectivity index (χ4n) is 3.00. The minimum absolute atomic E-state index is 0.00572. The van der Waals surface area contributed by atoms with Gasteiger partial charge in [0, 0.05) is 43.9 Å². The summed E-state index contributed by atoms with van der Waals surface area (Å²) in [6.07, 6.45) is 2.61. The van der Waals surface area contributed by atoms with E-state index < -0.39 is 4.92 Å². The largest absolute Gasteiger partial charge is 0.335 e. The van der Waals surface area contributed by atoms with Crippen molar-refractivity contribution in [2.45, 2.75) is 13.3 Å². The normalized spacial score (nSPS) is 15.3. The number of hydrogen-bond donors (Lipinski definition) is 1. The van der Waals surface area contributed by atoms with Gasteiger partial charge in [0.25, 0.3) is 11.6 Å². The molecular weight excluding hydrogens is 322 g/mol. The van der Waals surface area contributed by atoms with E-state index in [1.165, 1.54) is 18.3 Å². The molecule has 0 atom stereocenters. The van der Waals surface area contributed by atoms with E-state index in [0.29, 0.717) is 30.2 Å². The lowest BCUT2D eigenvalue weighted by Crippen LogP contribution is -2.48. The minimum atomic E-state index is -0.450. The fourth-order valence-corrected chi connectivity index (χ4v) is 3.00. The minimum Gasteiger partial charge on any atom is -0.335 e. The van der Waals surface area contributed by atoms with Crippen LogP contribution in [0, 0.1) is 10.1 Å². The Morgan fingerprint density at radius 1 is 1.32 bits per heavy atom. The zero-order valence-electron chi connectivity index (χ0n) is 14.1. The molecule has 0 bridgehead atoms. The summed E-state index contributed by atoms with van der Waals surface area (Å²) in [6, 6.07) is 6.19. The number of non-ortho nitro benzene ring substituents is 1. The zero-order chi connectivity index (χ0) is 17.8. The SMILES string of the molecule is CCCN1CCN(C(=O)c2cnc(-c3cccc([N+](=O)[O-])c3)[nH]2)CC1. The average molecular weight is 343 g/mol. The van der Waals surface area contributed by atoms with Gasteiger partial charge in [-0.2, -0.15) is 0 Å². The van der Waals surface area contributed by atoms with Gasteiger partial charge in [-0.1, -0.05) is 19.1 Å². The van der Waals surface area contributed by atoms with Gasteiger partial charge in [-0.3, -0.25) is 19.8 Å². The van der Waals surface area contributed by atoms with Crippen molar-refractivity contribution in [2.75, 3.05) is 32.7 Å². The molecule has 1 aromatic heterocycles. The van der Waals surface area contributed by atoms with Crippen molar-refractivity contribution in [1.29, 1.82) is 0 Å². The molecule has 1 fully saturated rings. The average Bonchev–Trinajstić information content (AvgIpc) is 3.12. The smallest absolute Gasteiger partial charge is 0.272 e. The third-order valence-corrected chi connectivity index (χ3v) is 4.34. The third kappa shape index (κ3) is 3.85. The number of aromatic nitrogens is 2. The Bertz CT molecular complexity index is 765. The number of nitro benzene ring substituents is 1. The Balaban J connectivity index is 1.70. The van der Waals surface area contributed by atoms with Crippen LogP contribution in [0.15, 0.2) is 30.5 Å². The molecule has 1 aliphatic heterocycles. The first kappa shape index (κ1) is 17.1. The van der Waals surface area contributed by atoms with Crippen LogP contribution in [-0.2, 0) is 0 Å². The number of rotatable bonds is 5. The molecule has 1 N–H and O–H groups in total. The van der Waals surface area contributed by atoms with E-state index in [-0.39, 0.29) is 11.6 Å². The maximum absolute atomic E-state index is 12.6. The summed E-state index contributed by atoms with van der Waals surface area (Å²) in [5, 5.41) is 10.9. The van der Waals surface area contributed by atoms with Crippen LogP contribution in [-0.4, -0.2) is 63.3 Å². The van der Waals surface area contributed by atoms with Gasteiger partial charge in [-0.05, 0) is 13.0 Å². The van der Waals surface area contributed by atoms with Crippen molar-refractivity contribution in [3.05, 3.63) is 46.3 Å². The Labute approximate surface area is 145 Å². The second-order valence-corrected chi connectivity index (χ2v) is 6.09. The lowest BCUT2D eigenvalue weighted by molar-refractivity contribution is -0.384. The second kappa shape index (κ2) is 7.43. The topological polar surface area (TPSA) is 95.4 Å². The second-order valence-electron chi connectivity index (χ2n) is 6.09. The van der Waals surface area contributed by atoms with E-state index >= 15 is 0 Å².